The molecular formula is C18H20FN5O. The summed E-state index contributed by atoms with van der Waals surface area (Å²) >= 11 is 0. The number of nitrogens with zero attached hydrogens (tertiary/aromatic N) is 3. The monoisotopic (exact) mass is 341 g/mol. The van der Waals surface area contributed by atoms with Gasteiger partial charge >= 0.3 is 0 Å². The van der Waals surface area contributed by atoms with Crippen molar-refractivity contribution in [3.8, 4) is 0 Å². The van der Waals surface area contributed by atoms with Crippen molar-refractivity contribution < 1.29 is 9.18 Å². The molecule has 0 aliphatic carbocycles. The predicted octanol–water partition coefficient (Wildman–Crippen LogP) is 2.03. The van der Waals surface area contributed by atoms with Gasteiger partial charge in [-0.1, -0.05) is 6.07 Å². The fourth-order valence-electron chi connectivity index (χ4n) is 3.40. The number of H-pyrrole nitrogens is 2. The fourth-order valence-corrected chi connectivity index (χ4v) is 3.40. The Morgan fingerprint density at radius 3 is 2.80 bits per heavy atom. The van der Waals surface area contributed by atoms with Crippen molar-refractivity contribution in [2.45, 2.75) is 6.42 Å². The second kappa shape index (κ2) is 6.68. The minimum atomic E-state index is -0.177. The molecule has 25 heavy (non-hydrogen) atoms. The van der Waals surface area contributed by atoms with Crippen molar-refractivity contribution in [2.75, 3.05) is 32.7 Å². The van der Waals surface area contributed by atoms with E-state index in [0.29, 0.717) is 24.2 Å². The number of nitrogens with one attached hydrogen (secondary N) is 2. The van der Waals surface area contributed by atoms with Crippen LogP contribution in [0.2, 0.25) is 0 Å². The van der Waals surface area contributed by atoms with Crippen molar-refractivity contribution in [3.05, 3.63) is 53.7 Å². The zero-order valence-electron chi connectivity index (χ0n) is 13.8. The maximum absolute atomic E-state index is 14.0. The van der Waals surface area contributed by atoms with Crippen molar-refractivity contribution >= 4 is 16.8 Å². The first-order valence-corrected chi connectivity index (χ1v) is 8.48. The summed E-state index contributed by atoms with van der Waals surface area (Å²) in [4.78, 5) is 19.6. The largest absolute Gasteiger partial charge is 0.361 e. The van der Waals surface area contributed by atoms with E-state index >= 15 is 0 Å². The Hall–Kier alpha value is -2.67. The lowest BCUT2D eigenvalue weighted by Crippen LogP contribution is -2.49. The van der Waals surface area contributed by atoms with E-state index < -0.39 is 0 Å². The van der Waals surface area contributed by atoms with Crippen molar-refractivity contribution in [1.82, 2.24) is 25.0 Å². The van der Waals surface area contributed by atoms with Crippen molar-refractivity contribution in [3.63, 3.8) is 0 Å². The van der Waals surface area contributed by atoms with Gasteiger partial charge in [0, 0.05) is 56.0 Å². The maximum atomic E-state index is 14.0. The van der Waals surface area contributed by atoms with Crippen molar-refractivity contribution in [1.29, 1.82) is 0 Å². The molecule has 0 atom stereocenters. The molecule has 130 valence electrons. The van der Waals surface area contributed by atoms with E-state index in [0.717, 1.165) is 37.1 Å². The highest BCUT2D eigenvalue weighted by atomic mass is 19.1. The number of halogens is 1. The number of fused-ring (bicyclic) bond motifs is 1. The molecule has 0 radical (unpaired) electrons. The summed E-state index contributed by atoms with van der Waals surface area (Å²) < 4.78 is 14.0. The minimum Gasteiger partial charge on any atom is -0.361 e. The number of rotatable bonds is 4. The lowest BCUT2D eigenvalue weighted by molar-refractivity contribution is 0.0633. The van der Waals surface area contributed by atoms with Gasteiger partial charge in [0.2, 0.25) is 0 Å². The van der Waals surface area contributed by atoms with Gasteiger partial charge in [-0.2, -0.15) is 5.10 Å². The molecule has 0 bridgehead atoms. The topological polar surface area (TPSA) is 68.0 Å². The molecule has 6 nitrogen and oxygen atoms in total. The summed E-state index contributed by atoms with van der Waals surface area (Å²) in [6, 6.07) is 6.80. The third-order valence-corrected chi connectivity index (χ3v) is 4.82. The van der Waals surface area contributed by atoms with Gasteiger partial charge in [0.1, 0.15) is 11.5 Å². The Kier molecular flexibility index (Phi) is 4.23. The molecule has 1 fully saturated rings. The van der Waals surface area contributed by atoms with Crippen LogP contribution in [0, 0.1) is 5.82 Å². The Bertz CT molecular complexity index is 865. The van der Waals surface area contributed by atoms with Gasteiger partial charge in [-0.25, -0.2) is 4.39 Å². The van der Waals surface area contributed by atoms with E-state index in [-0.39, 0.29) is 11.7 Å². The van der Waals surface area contributed by atoms with Gasteiger partial charge in [0.25, 0.3) is 5.91 Å². The van der Waals surface area contributed by atoms with Crippen LogP contribution in [-0.4, -0.2) is 63.6 Å². The normalized spacial score (nSPS) is 15.8. The number of amides is 1. The van der Waals surface area contributed by atoms with E-state index in [1.807, 2.05) is 17.2 Å². The Morgan fingerprint density at radius 1 is 1.20 bits per heavy atom. The lowest BCUT2D eigenvalue weighted by atomic mass is 10.1. The van der Waals surface area contributed by atoms with Crippen LogP contribution < -0.4 is 0 Å². The van der Waals surface area contributed by atoms with Crippen LogP contribution in [0.5, 0.6) is 0 Å². The second-order valence-electron chi connectivity index (χ2n) is 6.33. The van der Waals surface area contributed by atoms with Crippen LogP contribution in [0.25, 0.3) is 10.9 Å². The lowest BCUT2D eigenvalue weighted by Gasteiger charge is -2.34. The first kappa shape index (κ1) is 15.8. The predicted molar refractivity (Wildman–Crippen MR) is 92.9 cm³/mol. The van der Waals surface area contributed by atoms with Crippen LogP contribution >= 0.6 is 0 Å². The first-order chi connectivity index (χ1) is 12.2. The fraction of sp³-hybridized carbons (Fsp3) is 0.333. The summed E-state index contributed by atoms with van der Waals surface area (Å²) in [7, 11) is 0. The van der Waals surface area contributed by atoms with E-state index in [4.69, 9.17) is 0 Å². The summed E-state index contributed by atoms with van der Waals surface area (Å²) in [5.41, 5.74) is 2.37. The van der Waals surface area contributed by atoms with Gasteiger partial charge in [0.15, 0.2) is 0 Å². The van der Waals surface area contributed by atoms with Crippen LogP contribution in [0.15, 0.2) is 36.7 Å². The number of aromatic nitrogens is 3. The third-order valence-electron chi connectivity index (χ3n) is 4.82. The summed E-state index contributed by atoms with van der Waals surface area (Å²) in [5, 5.41) is 7.23. The molecule has 0 spiro atoms. The Morgan fingerprint density at radius 2 is 2.04 bits per heavy atom. The number of carbonyl (C=O) groups excluding carboxylic acids is 1. The maximum Gasteiger partial charge on any atom is 0.271 e. The van der Waals surface area contributed by atoms with Gasteiger partial charge in [-0.15, -0.1) is 0 Å². The molecule has 1 aliphatic heterocycles. The number of carbonyl (C=O) groups is 1. The average molecular weight is 341 g/mol. The molecule has 7 heteroatoms. The van der Waals surface area contributed by atoms with Crippen LogP contribution in [0.1, 0.15) is 16.1 Å². The van der Waals surface area contributed by atoms with Crippen LogP contribution in [0.4, 0.5) is 4.39 Å². The number of benzene rings is 1. The minimum absolute atomic E-state index is 0.00384. The zero-order valence-corrected chi connectivity index (χ0v) is 13.8. The Balaban J connectivity index is 1.34. The quantitative estimate of drug-likeness (QED) is 0.763. The number of hydrogen-bond acceptors (Lipinski definition) is 3. The number of hydrogen-bond donors (Lipinski definition) is 2. The molecule has 3 heterocycles. The van der Waals surface area contributed by atoms with Crippen LogP contribution in [-0.2, 0) is 6.42 Å². The van der Waals surface area contributed by atoms with E-state index in [2.05, 4.69) is 20.1 Å². The van der Waals surface area contributed by atoms with Gasteiger partial charge in [-0.05, 0) is 30.2 Å². The third kappa shape index (κ3) is 3.15. The zero-order chi connectivity index (χ0) is 17.2. The van der Waals surface area contributed by atoms with Gasteiger partial charge in [-0.3, -0.25) is 14.8 Å². The second-order valence-corrected chi connectivity index (χ2v) is 6.33. The standard InChI is InChI=1S/C18H20FN5O/c19-14-2-1-3-15-17(14)13(12-20-15)5-7-23-8-10-24(11-9-23)18(25)16-4-6-21-22-16/h1-4,6,12,20H,5,7-11H2,(H,21,22). The number of piperazine rings is 1. The molecule has 1 amide bonds. The van der Waals surface area contributed by atoms with Gasteiger partial charge in [0.05, 0.1) is 0 Å². The first-order valence-electron chi connectivity index (χ1n) is 8.48. The molecule has 4 rings (SSSR count). The summed E-state index contributed by atoms with van der Waals surface area (Å²) in [5.74, 6) is -0.181. The van der Waals surface area contributed by atoms with Crippen molar-refractivity contribution in [2.24, 2.45) is 0 Å². The molecule has 1 aliphatic rings. The SMILES string of the molecule is O=C(c1ccn[nH]1)N1CCN(CCc2c[nH]c3cccc(F)c23)CC1. The van der Waals surface area contributed by atoms with E-state index in [9.17, 15) is 9.18 Å². The molecule has 2 N–H and O–H groups in total. The van der Waals surface area contributed by atoms with E-state index in [1.54, 1.807) is 18.3 Å². The molecule has 3 aromatic rings. The Labute approximate surface area is 144 Å². The summed E-state index contributed by atoms with van der Waals surface area (Å²) in [6.07, 6.45) is 4.27. The molecular weight excluding hydrogens is 321 g/mol. The smallest absolute Gasteiger partial charge is 0.271 e. The van der Waals surface area contributed by atoms with Gasteiger partial charge < -0.3 is 9.88 Å². The highest BCUT2D eigenvalue weighted by molar-refractivity contribution is 5.92. The molecule has 1 aromatic carbocycles. The van der Waals surface area contributed by atoms with E-state index in [1.165, 1.54) is 6.07 Å². The molecule has 2 aromatic heterocycles. The molecule has 0 unspecified atom stereocenters. The van der Waals surface area contributed by atoms with Crippen LogP contribution in [0.3, 0.4) is 0 Å². The highest BCUT2D eigenvalue weighted by Gasteiger charge is 2.22. The average Bonchev–Trinajstić information content (AvgIpc) is 3.30. The molecule has 1 saturated heterocycles. The molecule has 0 saturated carbocycles. The highest BCUT2D eigenvalue weighted by Crippen LogP contribution is 2.22. The summed E-state index contributed by atoms with van der Waals surface area (Å²) in [6.45, 7) is 3.89. The number of aromatic amines is 2.